The Morgan fingerprint density at radius 2 is 2.10 bits per heavy atom. The second-order valence-electron chi connectivity index (χ2n) is 5.33. The zero-order valence-corrected chi connectivity index (χ0v) is 12.2. The fourth-order valence-corrected chi connectivity index (χ4v) is 2.67. The summed E-state index contributed by atoms with van der Waals surface area (Å²) in [5, 5.41) is 12.4. The summed E-state index contributed by atoms with van der Waals surface area (Å²) in [6, 6.07) is 9.04. The molecule has 0 saturated carbocycles. The Morgan fingerprint density at radius 1 is 1.38 bits per heavy atom. The quantitative estimate of drug-likeness (QED) is 0.836. The molecule has 21 heavy (non-hydrogen) atoms. The van der Waals surface area contributed by atoms with Crippen LogP contribution in [-0.4, -0.2) is 36.2 Å². The number of carbonyl (C=O) groups excluding carboxylic acids is 1. The van der Waals surface area contributed by atoms with E-state index in [2.05, 4.69) is 5.32 Å². The monoisotopic (exact) mass is 291 g/mol. The Kier molecular flexibility index (Phi) is 4.96. The minimum Gasteiger partial charge on any atom is -0.481 e. The Hall–Kier alpha value is -1.88. The average molecular weight is 291 g/mol. The van der Waals surface area contributed by atoms with Crippen LogP contribution in [0.3, 0.4) is 0 Å². The third-order valence-electron chi connectivity index (χ3n) is 4.13. The molecule has 0 aromatic heterocycles. The van der Waals surface area contributed by atoms with E-state index in [1.165, 1.54) is 0 Å². The van der Waals surface area contributed by atoms with Crippen LogP contribution < -0.4 is 5.32 Å². The lowest BCUT2D eigenvalue weighted by Crippen LogP contribution is -2.48. The van der Waals surface area contributed by atoms with Crippen molar-refractivity contribution in [2.45, 2.75) is 37.7 Å². The Labute approximate surface area is 124 Å². The van der Waals surface area contributed by atoms with Gasteiger partial charge in [-0.2, -0.15) is 0 Å². The number of carbonyl (C=O) groups is 2. The zero-order chi connectivity index (χ0) is 15.3. The molecule has 0 aliphatic carbocycles. The number of carboxylic acid groups (broad SMARTS) is 1. The molecule has 0 bridgehead atoms. The van der Waals surface area contributed by atoms with E-state index >= 15 is 0 Å². The highest BCUT2D eigenvalue weighted by molar-refractivity contribution is 5.85. The number of hydrogen-bond acceptors (Lipinski definition) is 3. The molecule has 2 atom stereocenters. The van der Waals surface area contributed by atoms with Gasteiger partial charge >= 0.3 is 5.97 Å². The Bertz CT molecular complexity index is 496. The van der Waals surface area contributed by atoms with E-state index in [-0.39, 0.29) is 12.5 Å². The minimum absolute atomic E-state index is 0.0710. The number of rotatable bonds is 6. The van der Waals surface area contributed by atoms with Gasteiger partial charge in [0.25, 0.3) is 0 Å². The standard InChI is InChI=1S/C16H21NO4/c1-2-16(15(19)20,12-7-4-3-5-8-12)11-17-14(18)13-9-6-10-21-13/h3-5,7-8,13H,2,6,9-11H2,1H3,(H,17,18)(H,19,20). The van der Waals surface area contributed by atoms with Crippen LogP contribution in [0.15, 0.2) is 30.3 Å². The molecule has 0 spiro atoms. The minimum atomic E-state index is -1.10. The highest BCUT2D eigenvalue weighted by atomic mass is 16.5. The summed E-state index contributed by atoms with van der Waals surface area (Å²) in [4.78, 5) is 23.8. The number of hydrogen-bond donors (Lipinski definition) is 2. The maximum atomic E-state index is 12.0. The van der Waals surface area contributed by atoms with Crippen molar-refractivity contribution in [3.8, 4) is 0 Å². The molecule has 5 nitrogen and oxygen atoms in total. The molecule has 1 aliphatic heterocycles. The van der Waals surface area contributed by atoms with E-state index in [9.17, 15) is 14.7 Å². The van der Waals surface area contributed by atoms with Crippen molar-refractivity contribution in [3.05, 3.63) is 35.9 Å². The summed E-state index contributed by atoms with van der Waals surface area (Å²) in [7, 11) is 0. The molecule has 114 valence electrons. The molecule has 0 radical (unpaired) electrons. The van der Waals surface area contributed by atoms with Crippen LogP contribution in [0.25, 0.3) is 0 Å². The van der Waals surface area contributed by atoms with Gasteiger partial charge in [0.15, 0.2) is 0 Å². The van der Waals surface area contributed by atoms with Gasteiger partial charge in [0, 0.05) is 13.2 Å². The summed E-state index contributed by atoms with van der Waals surface area (Å²) < 4.78 is 5.32. The van der Waals surface area contributed by atoms with E-state index in [1.54, 1.807) is 12.1 Å². The summed E-state index contributed by atoms with van der Waals surface area (Å²) >= 11 is 0. The Balaban J connectivity index is 2.13. The number of ether oxygens (including phenoxy) is 1. The summed E-state index contributed by atoms with van der Waals surface area (Å²) in [6.07, 6.45) is 1.53. The summed E-state index contributed by atoms with van der Waals surface area (Å²) in [5.74, 6) is -1.15. The van der Waals surface area contributed by atoms with Gasteiger partial charge < -0.3 is 15.2 Å². The van der Waals surface area contributed by atoms with E-state index in [4.69, 9.17) is 4.74 Å². The second kappa shape index (κ2) is 6.72. The molecule has 1 aromatic carbocycles. The van der Waals surface area contributed by atoms with Gasteiger partial charge in [0.05, 0.1) is 0 Å². The van der Waals surface area contributed by atoms with Crippen LogP contribution in [0.5, 0.6) is 0 Å². The fourth-order valence-electron chi connectivity index (χ4n) is 2.67. The first-order valence-corrected chi connectivity index (χ1v) is 7.28. The van der Waals surface area contributed by atoms with Crippen molar-refractivity contribution < 1.29 is 19.4 Å². The maximum Gasteiger partial charge on any atom is 0.315 e. The molecule has 1 fully saturated rings. The first-order valence-electron chi connectivity index (χ1n) is 7.28. The van der Waals surface area contributed by atoms with Gasteiger partial charge in [-0.25, -0.2) is 0 Å². The predicted octanol–water partition coefficient (Wildman–Crippen LogP) is 1.71. The molecule has 1 aliphatic rings. The predicted molar refractivity (Wildman–Crippen MR) is 78.0 cm³/mol. The van der Waals surface area contributed by atoms with Gasteiger partial charge in [-0.1, -0.05) is 37.3 Å². The van der Waals surface area contributed by atoms with Gasteiger partial charge in [-0.15, -0.1) is 0 Å². The van der Waals surface area contributed by atoms with Crippen molar-refractivity contribution >= 4 is 11.9 Å². The van der Waals surface area contributed by atoms with Gasteiger partial charge in [0.1, 0.15) is 11.5 Å². The molecule has 2 N–H and O–H groups in total. The lowest BCUT2D eigenvalue weighted by molar-refractivity contribution is -0.144. The normalized spacial score (nSPS) is 20.7. The first kappa shape index (κ1) is 15.5. The van der Waals surface area contributed by atoms with Crippen LogP contribution in [0.4, 0.5) is 0 Å². The highest BCUT2D eigenvalue weighted by Crippen LogP contribution is 2.28. The van der Waals surface area contributed by atoms with Gasteiger partial charge in [-0.3, -0.25) is 9.59 Å². The lowest BCUT2D eigenvalue weighted by atomic mass is 9.78. The zero-order valence-electron chi connectivity index (χ0n) is 12.2. The molecule has 1 saturated heterocycles. The molecular weight excluding hydrogens is 270 g/mol. The van der Waals surface area contributed by atoms with Crippen LogP contribution in [0.2, 0.25) is 0 Å². The smallest absolute Gasteiger partial charge is 0.315 e. The average Bonchev–Trinajstić information content (AvgIpc) is 3.03. The largest absolute Gasteiger partial charge is 0.481 e. The number of carboxylic acids is 1. The molecule has 2 unspecified atom stereocenters. The molecule has 1 amide bonds. The fraction of sp³-hybridized carbons (Fsp3) is 0.500. The van der Waals surface area contributed by atoms with Crippen LogP contribution in [-0.2, 0) is 19.7 Å². The van der Waals surface area contributed by atoms with Gasteiger partial charge in [-0.05, 0) is 24.8 Å². The van der Waals surface area contributed by atoms with Crippen molar-refractivity contribution in [2.24, 2.45) is 0 Å². The lowest BCUT2D eigenvalue weighted by Gasteiger charge is -2.29. The van der Waals surface area contributed by atoms with Crippen molar-refractivity contribution in [1.82, 2.24) is 5.32 Å². The summed E-state index contributed by atoms with van der Waals surface area (Å²) in [6.45, 7) is 2.48. The molecular formula is C16H21NO4. The highest BCUT2D eigenvalue weighted by Gasteiger charge is 2.39. The number of nitrogens with one attached hydrogen (secondary N) is 1. The van der Waals surface area contributed by atoms with Crippen molar-refractivity contribution in [1.29, 1.82) is 0 Å². The summed E-state index contributed by atoms with van der Waals surface area (Å²) in [5.41, 5.74) is -0.400. The third-order valence-corrected chi connectivity index (χ3v) is 4.13. The topological polar surface area (TPSA) is 75.6 Å². The molecule has 2 rings (SSSR count). The first-order chi connectivity index (χ1) is 10.1. The molecule has 5 heteroatoms. The third kappa shape index (κ3) is 3.24. The van der Waals surface area contributed by atoms with E-state index in [0.29, 0.717) is 25.0 Å². The SMILES string of the molecule is CCC(CNC(=O)C1CCCO1)(C(=O)O)c1ccccc1. The van der Waals surface area contributed by atoms with Crippen LogP contribution in [0.1, 0.15) is 31.7 Å². The molecule has 1 aromatic rings. The number of amides is 1. The number of aliphatic carboxylic acids is 1. The van der Waals surface area contributed by atoms with Crippen LogP contribution in [0, 0.1) is 0 Å². The van der Waals surface area contributed by atoms with Crippen molar-refractivity contribution in [3.63, 3.8) is 0 Å². The second-order valence-corrected chi connectivity index (χ2v) is 5.33. The Morgan fingerprint density at radius 3 is 2.62 bits per heavy atom. The van der Waals surface area contributed by atoms with Crippen molar-refractivity contribution in [2.75, 3.05) is 13.2 Å². The number of benzene rings is 1. The van der Waals surface area contributed by atoms with Gasteiger partial charge in [0.2, 0.25) is 5.91 Å². The van der Waals surface area contributed by atoms with E-state index in [0.717, 1.165) is 6.42 Å². The van der Waals surface area contributed by atoms with E-state index in [1.807, 2.05) is 25.1 Å². The van der Waals surface area contributed by atoms with E-state index < -0.39 is 17.5 Å². The maximum absolute atomic E-state index is 12.0. The van der Waals surface area contributed by atoms with Crippen LogP contribution >= 0.6 is 0 Å². The molecule has 1 heterocycles.